The smallest absolute Gasteiger partial charge is 0.346 e. The summed E-state index contributed by atoms with van der Waals surface area (Å²) in [4.78, 5) is 11.3. The second-order valence-corrected chi connectivity index (χ2v) is 3.62. The highest BCUT2D eigenvalue weighted by molar-refractivity contribution is 5.71. The molecule has 1 fully saturated rings. The quantitative estimate of drug-likeness (QED) is 0.756. The Labute approximate surface area is 103 Å². The number of rotatable bonds is 4. The number of carbonyl (C=O) groups excluding carboxylic acids is 1. The Hall–Kier alpha value is -2.13. The van der Waals surface area contributed by atoms with Gasteiger partial charge < -0.3 is 14.2 Å². The van der Waals surface area contributed by atoms with Crippen molar-refractivity contribution >= 4 is 5.97 Å². The van der Waals surface area contributed by atoms with Crippen molar-refractivity contribution in [2.75, 3.05) is 13.2 Å². The van der Waals surface area contributed by atoms with E-state index < -0.39 is 18.1 Å². The van der Waals surface area contributed by atoms with Gasteiger partial charge in [-0.15, -0.1) is 0 Å². The lowest BCUT2D eigenvalue weighted by atomic mass is 10.2. The van der Waals surface area contributed by atoms with Crippen molar-refractivity contribution in [3.05, 3.63) is 29.6 Å². The second kappa shape index (κ2) is 5.47. The van der Waals surface area contributed by atoms with Gasteiger partial charge in [0.2, 0.25) is 6.29 Å². The molecule has 0 saturated carbocycles. The van der Waals surface area contributed by atoms with Crippen LogP contribution in [0.2, 0.25) is 0 Å². The van der Waals surface area contributed by atoms with Gasteiger partial charge in [-0.25, -0.2) is 9.18 Å². The van der Waals surface area contributed by atoms with Crippen molar-refractivity contribution in [3.63, 3.8) is 0 Å². The van der Waals surface area contributed by atoms with Gasteiger partial charge in [-0.2, -0.15) is 5.26 Å². The van der Waals surface area contributed by atoms with E-state index in [9.17, 15) is 9.18 Å². The van der Waals surface area contributed by atoms with Crippen molar-refractivity contribution in [2.24, 2.45) is 0 Å². The number of halogens is 1. The van der Waals surface area contributed by atoms with Crippen LogP contribution in [0.25, 0.3) is 0 Å². The fourth-order valence-corrected chi connectivity index (χ4v) is 1.34. The number of ether oxygens (including phenoxy) is 3. The summed E-state index contributed by atoms with van der Waals surface area (Å²) in [6, 6.07) is 5.26. The first kappa shape index (κ1) is 12.3. The number of carbonyl (C=O) groups is 1. The summed E-state index contributed by atoms with van der Waals surface area (Å²) >= 11 is 0. The molecule has 2 rings (SSSR count). The van der Waals surface area contributed by atoms with Crippen molar-refractivity contribution < 1.29 is 23.4 Å². The molecule has 94 valence electrons. The van der Waals surface area contributed by atoms with Crippen LogP contribution in [0.15, 0.2) is 18.2 Å². The highest BCUT2D eigenvalue weighted by atomic mass is 19.1. The summed E-state index contributed by atoms with van der Waals surface area (Å²) < 4.78 is 27.7. The summed E-state index contributed by atoms with van der Waals surface area (Å²) in [7, 11) is 0. The highest BCUT2D eigenvalue weighted by Crippen LogP contribution is 2.19. The number of benzene rings is 1. The Morgan fingerprint density at radius 2 is 2.39 bits per heavy atom. The van der Waals surface area contributed by atoms with Gasteiger partial charge in [0.05, 0.1) is 12.2 Å². The molecule has 1 atom stereocenters. The van der Waals surface area contributed by atoms with Gasteiger partial charge >= 0.3 is 5.97 Å². The summed E-state index contributed by atoms with van der Waals surface area (Å²) in [6.07, 6.45) is 0.177. The van der Waals surface area contributed by atoms with E-state index in [1.54, 1.807) is 6.07 Å². The molecule has 1 aliphatic heterocycles. The second-order valence-electron chi connectivity index (χ2n) is 3.62. The lowest BCUT2D eigenvalue weighted by Crippen LogP contribution is -2.33. The number of hydrogen-bond acceptors (Lipinski definition) is 5. The number of nitrogens with zero attached hydrogens (tertiary/aromatic N) is 1. The number of nitriles is 1. The Balaban J connectivity index is 1.89. The van der Waals surface area contributed by atoms with Gasteiger partial charge in [-0.1, -0.05) is 0 Å². The first-order valence-corrected chi connectivity index (χ1v) is 5.32. The van der Waals surface area contributed by atoms with Crippen LogP contribution < -0.4 is 4.74 Å². The van der Waals surface area contributed by atoms with Crippen LogP contribution >= 0.6 is 0 Å². The minimum Gasteiger partial charge on any atom is -0.481 e. The summed E-state index contributed by atoms with van der Waals surface area (Å²) in [5.41, 5.74) is 0.0303. The van der Waals surface area contributed by atoms with Gasteiger partial charge in [0.1, 0.15) is 17.6 Å². The molecule has 5 nitrogen and oxygen atoms in total. The molecule has 0 amide bonds. The van der Waals surface area contributed by atoms with E-state index in [4.69, 9.17) is 19.5 Å². The summed E-state index contributed by atoms with van der Waals surface area (Å²) in [5, 5.41) is 8.77. The molecule has 18 heavy (non-hydrogen) atoms. The average molecular weight is 251 g/mol. The maximum absolute atomic E-state index is 12.8. The lowest BCUT2D eigenvalue weighted by molar-refractivity contribution is -0.217. The molecule has 1 aromatic carbocycles. The normalized spacial score (nSPS) is 17.4. The van der Waals surface area contributed by atoms with Gasteiger partial charge in [-0.05, 0) is 18.2 Å². The molecule has 0 spiro atoms. The molecule has 1 aliphatic rings. The molecular formula is C12H10FNO4. The minimum absolute atomic E-state index is 0.0303. The Morgan fingerprint density at radius 1 is 1.61 bits per heavy atom. The van der Waals surface area contributed by atoms with E-state index >= 15 is 0 Å². The largest absolute Gasteiger partial charge is 0.481 e. The molecule has 0 radical (unpaired) electrons. The van der Waals surface area contributed by atoms with Gasteiger partial charge in [-0.3, -0.25) is 0 Å². The molecule has 1 aromatic rings. The molecule has 1 saturated heterocycles. The summed E-state index contributed by atoms with van der Waals surface area (Å²) in [6.45, 7) is 0.232. The van der Waals surface area contributed by atoms with Crippen molar-refractivity contribution in [3.8, 4) is 11.8 Å². The molecule has 0 bridgehead atoms. The van der Waals surface area contributed by atoms with Gasteiger partial charge in [0.25, 0.3) is 0 Å². The molecule has 1 heterocycles. The molecule has 0 aliphatic carbocycles. The molecule has 6 heteroatoms. The van der Waals surface area contributed by atoms with Crippen LogP contribution in [0.3, 0.4) is 0 Å². The minimum atomic E-state index is -0.590. The van der Waals surface area contributed by atoms with Crippen LogP contribution in [0.4, 0.5) is 4.39 Å². The Morgan fingerprint density at radius 3 is 3.00 bits per heavy atom. The number of esters is 1. The van der Waals surface area contributed by atoms with E-state index in [2.05, 4.69) is 0 Å². The van der Waals surface area contributed by atoms with Crippen molar-refractivity contribution in [1.82, 2.24) is 0 Å². The molecule has 0 aromatic heterocycles. The van der Waals surface area contributed by atoms with E-state index in [1.807, 2.05) is 0 Å². The SMILES string of the molecule is N#Cc1cc(F)ccc1OCC(=O)OC1CCO1. The maximum atomic E-state index is 12.8. The third kappa shape index (κ3) is 2.96. The first-order valence-electron chi connectivity index (χ1n) is 5.32. The van der Waals surface area contributed by atoms with Crippen LogP contribution in [0.5, 0.6) is 5.75 Å². The van der Waals surface area contributed by atoms with E-state index in [0.29, 0.717) is 13.0 Å². The monoisotopic (exact) mass is 251 g/mol. The van der Waals surface area contributed by atoms with Crippen LogP contribution in [0.1, 0.15) is 12.0 Å². The number of hydrogen-bond donors (Lipinski definition) is 0. The standard InChI is InChI=1S/C12H10FNO4/c13-9-1-2-10(8(5-9)6-14)17-7-11(15)18-12-3-4-16-12/h1-2,5,12H,3-4,7H2. The topological polar surface area (TPSA) is 68.5 Å². The molecular weight excluding hydrogens is 241 g/mol. The van der Waals surface area contributed by atoms with Crippen LogP contribution in [-0.4, -0.2) is 25.5 Å². The van der Waals surface area contributed by atoms with Gasteiger partial charge in [0, 0.05) is 6.42 Å². The fourth-order valence-electron chi connectivity index (χ4n) is 1.34. The van der Waals surface area contributed by atoms with Crippen molar-refractivity contribution in [1.29, 1.82) is 5.26 Å². The lowest BCUT2D eigenvalue weighted by Gasteiger charge is -2.25. The van der Waals surface area contributed by atoms with E-state index in [0.717, 1.165) is 12.1 Å². The zero-order chi connectivity index (χ0) is 13.0. The zero-order valence-electron chi connectivity index (χ0n) is 9.39. The predicted molar refractivity (Wildman–Crippen MR) is 57.1 cm³/mol. The predicted octanol–water partition coefficient (Wildman–Crippen LogP) is 1.37. The Bertz CT molecular complexity index is 493. The molecule has 0 N–H and O–H groups in total. The first-order chi connectivity index (χ1) is 8.69. The van der Waals surface area contributed by atoms with Crippen LogP contribution in [-0.2, 0) is 14.3 Å². The Kier molecular flexibility index (Phi) is 3.75. The molecule has 1 unspecified atom stereocenters. The average Bonchev–Trinajstić information content (AvgIpc) is 2.32. The fraction of sp³-hybridized carbons (Fsp3) is 0.333. The van der Waals surface area contributed by atoms with Crippen molar-refractivity contribution in [2.45, 2.75) is 12.7 Å². The summed E-state index contributed by atoms with van der Waals surface area (Å²) in [5.74, 6) is -0.984. The van der Waals surface area contributed by atoms with Crippen LogP contribution in [0, 0.1) is 17.1 Å². The third-order valence-corrected chi connectivity index (χ3v) is 2.33. The van der Waals surface area contributed by atoms with Gasteiger partial charge in [0.15, 0.2) is 6.61 Å². The van der Waals surface area contributed by atoms with E-state index in [-0.39, 0.29) is 17.9 Å². The van der Waals surface area contributed by atoms with E-state index in [1.165, 1.54) is 6.07 Å². The third-order valence-electron chi connectivity index (χ3n) is 2.33. The maximum Gasteiger partial charge on any atom is 0.346 e. The zero-order valence-corrected chi connectivity index (χ0v) is 9.39. The highest BCUT2D eigenvalue weighted by Gasteiger charge is 2.22.